The molecule has 1 aromatic heterocycles. The Kier molecular flexibility index (Phi) is 4.71. The van der Waals surface area contributed by atoms with E-state index in [4.69, 9.17) is 5.14 Å². The SMILES string of the molecule is NS(=O)(=O)c1ccc(Br)c(C(=O)NCc2ccccn2)c1. The van der Waals surface area contributed by atoms with Gasteiger partial charge >= 0.3 is 0 Å². The first-order valence-electron chi connectivity index (χ1n) is 5.88. The second kappa shape index (κ2) is 6.33. The first-order chi connectivity index (χ1) is 9.88. The Balaban J connectivity index is 2.19. The molecule has 0 aliphatic rings. The van der Waals surface area contributed by atoms with Crippen LogP contribution in [0.5, 0.6) is 0 Å². The number of primary sulfonamides is 1. The quantitative estimate of drug-likeness (QED) is 0.850. The smallest absolute Gasteiger partial charge is 0.252 e. The number of nitrogens with two attached hydrogens (primary N) is 1. The summed E-state index contributed by atoms with van der Waals surface area (Å²) in [4.78, 5) is 16.1. The van der Waals surface area contributed by atoms with E-state index < -0.39 is 15.9 Å². The van der Waals surface area contributed by atoms with E-state index >= 15 is 0 Å². The first kappa shape index (κ1) is 15.6. The Labute approximate surface area is 130 Å². The van der Waals surface area contributed by atoms with Gasteiger partial charge in [-0.2, -0.15) is 0 Å². The van der Waals surface area contributed by atoms with Crippen LogP contribution in [0.3, 0.4) is 0 Å². The highest BCUT2D eigenvalue weighted by Crippen LogP contribution is 2.20. The molecule has 0 saturated carbocycles. The predicted molar refractivity (Wildman–Crippen MR) is 80.9 cm³/mol. The van der Waals surface area contributed by atoms with Gasteiger partial charge < -0.3 is 5.32 Å². The van der Waals surface area contributed by atoms with Gasteiger partial charge in [0.05, 0.1) is 22.7 Å². The summed E-state index contributed by atoms with van der Waals surface area (Å²) in [5.41, 5.74) is 0.891. The van der Waals surface area contributed by atoms with Crippen molar-refractivity contribution in [3.8, 4) is 0 Å². The van der Waals surface area contributed by atoms with E-state index in [1.54, 1.807) is 18.3 Å². The normalized spacial score (nSPS) is 11.1. The lowest BCUT2D eigenvalue weighted by Crippen LogP contribution is -2.24. The molecule has 21 heavy (non-hydrogen) atoms. The molecule has 3 N–H and O–H groups in total. The van der Waals surface area contributed by atoms with Gasteiger partial charge in [0.15, 0.2) is 0 Å². The summed E-state index contributed by atoms with van der Waals surface area (Å²) in [5, 5.41) is 7.72. The lowest BCUT2D eigenvalue weighted by molar-refractivity contribution is 0.0949. The number of carbonyl (C=O) groups is 1. The summed E-state index contributed by atoms with van der Waals surface area (Å²) in [5.74, 6) is -0.418. The molecule has 6 nitrogen and oxygen atoms in total. The molecule has 8 heteroatoms. The predicted octanol–water partition coefficient (Wildman–Crippen LogP) is 1.42. The molecule has 0 fully saturated rings. The van der Waals surface area contributed by atoms with Crippen molar-refractivity contribution in [3.63, 3.8) is 0 Å². The van der Waals surface area contributed by atoms with Crippen molar-refractivity contribution in [2.24, 2.45) is 5.14 Å². The lowest BCUT2D eigenvalue weighted by atomic mass is 10.2. The van der Waals surface area contributed by atoms with Crippen LogP contribution in [0.4, 0.5) is 0 Å². The molecule has 0 radical (unpaired) electrons. The fraction of sp³-hybridized carbons (Fsp3) is 0.0769. The number of pyridine rings is 1. The van der Waals surface area contributed by atoms with E-state index in [1.165, 1.54) is 18.2 Å². The van der Waals surface area contributed by atoms with Gasteiger partial charge in [-0.3, -0.25) is 9.78 Å². The Morgan fingerprint density at radius 2 is 2.05 bits per heavy atom. The summed E-state index contributed by atoms with van der Waals surface area (Å²) in [6.45, 7) is 0.242. The molecule has 2 rings (SSSR count). The fourth-order valence-corrected chi connectivity index (χ4v) is 2.59. The average molecular weight is 370 g/mol. The highest BCUT2D eigenvalue weighted by molar-refractivity contribution is 9.10. The van der Waals surface area contributed by atoms with Crippen molar-refractivity contribution in [1.29, 1.82) is 0 Å². The molecule has 1 aromatic carbocycles. The fourth-order valence-electron chi connectivity index (χ4n) is 1.62. The minimum atomic E-state index is -3.86. The minimum absolute atomic E-state index is 0.117. The van der Waals surface area contributed by atoms with Crippen LogP contribution in [-0.2, 0) is 16.6 Å². The van der Waals surface area contributed by atoms with Gasteiger partial charge in [0, 0.05) is 10.7 Å². The number of sulfonamides is 1. The number of hydrogen-bond donors (Lipinski definition) is 2. The van der Waals surface area contributed by atoms with E-state index in [1.807, 2.05) is 6.07 Å². The van der Waals surface area contributed by atoms with Crippen molar-refractivity contribution in [3.05, 3.63) is 58.3 Å². The van der Waals surface area contributed by atoms with Crippen LogP contribution in [0.1, 0.15) is 16.1 Å². The molecular formula is C13H12BrN3O3S. The number of amides is 1. The van der Waals surface area contributed by atoms with Gasteiger partial charge in [-0.1, -0.05) is 6.07 Å². The third kappa shape index (κ3) is 4.10. The number of rotatable bonds is 4. The summed E-state index contributed by atoms with van der Waals surface area (Å²) >= 11 is 3.21. The molecule has 2 aromatic rings. The van der Waals surface area contributed by atoms with Crippen LogP contribution in [0.2, 0.25) is 0 Å². The van der Waals surface area contributed by atoms with Crippen molar-refractivity contribution in [2.45, 2.75) is 11.4 Å². The highest BCUT2D eigenvalue weighted by Gasteiger charge is 2.15. The first-order valence-corrected chi connectivity index (χ1v) is 8.22. The van der Waals surface area contributed by atoms with Gasteiger partial charge in [0.25, 0.3) is 5.91 Å². The molecule has 0 unspecified atom stereocenters. The Bertz CT molecular complexity index is 763. The monoisotopic (exact) mass is 369 g/mol. The van der Waals surface area contributed by atoms with E-state index in [0.29, 0.717) is 10.2 Å². The molecule has 0 aliphatic carbocycles. The van der Waals surface area contributed by atoms with Gasteiger partial charge in [-0.05, 0) is 46.3 Å². The maximum atomic E-state index is 12.1. The van der Waals surface area contributed by atoms with E-state index in [2.05, 4.69) is 26.2 Å². The zero-order valence-corrected chi connectivity index (χ0v) is 13.2. The largest absolute Gasteiger partial charge is 0.346 e. The van der Waals surface area contributed by atoms with Gasteiger partial charge in [0.1, 0.15) is 0 Å². The number of benzene rings is 1. The van der Waals surface area contributed by atoms with Crippen LogP contribution in [0.15, 0.2) is 52.0 Å². The second-order valence-electron chi connectivity index (χ2n) is 4.19. The molecule has 0 atom stereocenters. The molecule has 0 aliphatic heterocycles. The lowest BCUT2D eigenvalue weighted by Gasteiger charge is -2.08. The summed E-state index contributed by atoms with van der Waals surface area (Å²) in [6, 6.07) is 9.39. The van der Waals surface area contributed by atoms with Gasteiger partial charge in [-0.25, -0.2) is 13.6 Å². The molecule has 0 saturated heterocycles. The van der Waals surface area contributed by atoms with Crippen LogP contribution in [0, 0.1) is 0 Å². The standard InChI is InChI=1S/C13H12BrN3O3S/c14-12-5-4-10(21(15,19)20)7-11(12)13(18)17-8-9-3-1-2-6-16-9/h1-7H,8H2,(H,17,18)(H2,15,19,20). The third-order valence-corrected chi connectivity index (χ3v) is 4.27. The number of nitrogens with one attached hydrogen (secondary N) is 1. The molecular weight excluding hydrogens is 358 g/mol. The molecule has 0 spiro atoms. The van der Waals surface area contributed by atoms with E-state index in [0.717, 1.165) is 0 Å². The van der Waals surface area contributed by atoms with Crippen LogP contribution < -0.4 is 10.5 Å². The zero-order valence-electron chi connectivity index (χ0n) is 10.8. The maximum Gasteiger partial charge on any atom is 0.252 e. The minimum Gasteiger partial charge on any atom is -0.346 e. The Hall–Kier alpha value is -1.77. The number of hydrogen-bond acceptors (Lipinski definition) is 4. The topological polar surface area (TPSA) is 102 Å². The van der Waals surface area contributed by atoms with E-state index in [9.17, 15) is 13.2 Å². The Morgan fingerprint density at radius 1 is 1.29 bits per heavy atom. The number of carbonyl (C=O) groups excluding carboxylic acids is 1. The van der Waals surface area contributed by atoms with Crippen LogP contribution >= 0.6 is 15.9 Å². The van der Waals surface area contributed by atoms with Crippen molar-refractivity contribution < 1.29 is 13.2 Å². The number of halogens is 1. The van der Waals surface area contributed by atoms with Crippen LogP contribution in [-0.4, -0.2) is 19.3 Å². The van der Waals surface area contributed by atoms with Crippen molar-refractivity contribution >= 4 is 31.9 Å². The third-order valence-electron chi connectivity index (χ3n) is 2.67. The molecule has 1 amide bonds. The summed E-state index contributed by atoms with van der Waals surface area (Å²) in [7, 11) is -3.86. The summed E-state index contributed by atoms with van der Waals surface area (Å²) in [6.07, 6.45) is 1.62. The maximum absolute atomic E-state index is 12.1. The molecule has 110 valence electrons. The highest BCUT2D eigenvalue weighted by atomic mass is 79.9. The average Bonchev–Trinajstić information content (AvgIpc) is 2.45. The Morgan fingerprint density at radius 3 is 2.67 bits per heavy atom. The van der Waals surface area contributed by atoms with Crippen molar-refractivity contribution in [2.75, 3.05) is 0 Å². The zero-order chi connectivity index (χ0) is 15.5. The van der Waals surface area contributed by atoms with E-state index in [-0.39, 0.29) is 17.0 Å². The molecule has 1 heterocycles. The van der Waals surface area contributed by atoms with Gasteiger partial charge in [0.2, 0.25) is 10.0 Å². The number of nitrogens with zero attached hydrogens (tertiary/aromatic N) is 1. The second-order valence-corrected chi connectivity index (χ2v) is 6.61. The van der Waals surface area contributed by atoms with Gasteiger partial charge in [-0.15, -0.1) is 0 Å². The number of aromatic nitrogens is 1. The molecule has 0 bridgehead atoms. The summed E-state index contributed by atoms with van der Waals surface area (Å²) < 4.78 is 23.1. The van der Waals surface area contributed by atoms with Crippen LogP contribution in [0.25, 0.3) is 0 Å². The van der Waals surface area contributed by atoms with Crippen molar-refractivity contribution in [1.82, 2.24) is 10.3 Å².